The first-order valence-electron chi connectivity index (χ1n) is 5.43. The third-order valence-corrected chi connectivity index (χ3v) is 2.56. The Morgan fingerprint density at radius 1 is 1.00 bits per heavy atom. The molecule has 0 N–H and O–H groups in total. The predicted octanol–water partition coefficient (Wildman–Crippen LogP) is 2.57. The molecule has 0 amide bonds. The van der Waals surface area contributed by atoms with E-state index in [9.17, 15) is 0 Å². The Balaban J connectivity index is 2.62. The SMILES string of the molecule is COc1[c]cc(-c2ccccn2)c(OC)c1OC. The number of methoxy groups -OCH3 is 3. The van der Waals surface area contributed by atoms with Gasteiger partial charge < -0.3 is 14.2 Å². The second kappa shape index (κ2) is 5.40. The zero-order chi connectivity index (χ0) is 13.0. The molecule has 0 unspecified atom stereocenters. The molecule has 0 aliphatic rings. The molecule has 0 spiro atoms. The molecule has 0 aliphatic heterocycles. The number of rotatable bonds is 4. The van der Waals surface area contributed by atoms with E-state index in [1.54, 1.807) is 33.6 Å². The lowest BCUT2D eigenvalue weighted by molar-refractivity contribution is 0.325. The van der Waals surface area contributed by atoms with E-state index in [-0.39, 0.29) is 0 Å². The molecule has 2 aromatic rings. The summed E-state index contributed by atoms with van der Waals surface area (Å²) >= 11 is 0. The Bertz CT molecular complexity index is 526. The van der Waals surface area contributed by atoms with Gasteiger partial charge in [0.2, 0.25) is 5.75 Å². The van der Waals surface area contributed by atoms with E-state index in [1.165, 1.54) is 0 Å². The van der Waals surface area contributed by atoms with Crippen molar-refractivity contribution in [3.8, 4) is 28.5 Å². The van der Waals surface area contributed by atoms with Crippen molar-refractivity contribution in [2.75, 3.05) is 21.3 Å². The maximum absolute atomic E-state index is 5.40. The predicted molar refractivity (Wildman–Crippen MR) is 68.2 cm³/mol. The quantitative estimate of drug-likeness (QED) is 0.828. The summed E-state index contributed by atoms with van der Waals surface area (Å²) in [7, 11) is 4.72. The van der Waals surface area contributed by atoms with Crippen molar-refractivity contribution < 1.29 is 14.2 Å². The Hall–Kier alpha value is -2.23. The first-order valence-corrected chi connectivity index (χ1v) is 5.43. The fourth-order valence-corrected chi connectivity index (χ4v) is 1.75. The first-order chi connectivity index (χ1) is 8.81. The lowest BCUT2D eigenvalue weighted by Crippen LogP contribution is -1.97. The summed E-state index contributed by atoms with van der Waals surface area (Å²) in [6.07, 6.45) is 1.73. The standard InChI is InChI=1S/C14H14NO3/c1-16-12-8-7-10(11-6-4-5-9-15-11)13(17-2)14(12)18-3/h4-7,9H,1-3H3. The molecule has 0 aliphatic carbocycles. The van der Waals surface area contributed by atoms with E-state index in [2.05, 4.69) is 11.1 Å². The zero-order valence-corrected chi connectivity index (χ0v) is 10.6. The minimum Gasteiger partial charge on any atom is -0.492 e. The highest BCUT2D eigenvalue weighted by Crippen LogP contribution is 2.43. The molecule has 4 heteroatoms. The first kappa shape index (κ1) is 12.2. The van der Waals surface area contributed by atoms with Gasteiger partial charge >= 0.3 is 0 Å². The maximum Gasteiger partial charge on any atom is 0.204 e. The van der Waals surface area contributed by atoms with Gasteiger partial charge in [0, 0.05) is 17.8 Å². The minimum atomic E-state index is 0.508. The lowest BCUT2D eigenvalue weighted by Gasteiger charge is -2.14. The normalized spacial score (nSPS) is 9.94. The molecule has 0 saturated carbocycles. The van der Waals surface area contributed by atoms with Gasteiger partial charge in [0.1, 0.15) is 0 Å². The van der Waals surface area contributed by atoms with Crippen LogP contribution in [0.1, 0.15) is 0 Å². The molecule has 0 atom stereocenters. The molecule has 1 radical (unpaired) electrons. The number of hydrogen-bond acceptors (Lipinski definition) is 4. The van der Waals surface area contributed by atoms with Gasteiger partial charge in [0.15, 0.2) is 11.5 Å². The fourth-order valence-electron chi connectivity index (χ4n) is 1.75. The Morgan fingerprint density at radius 2 is 1.78 bits per heavy atom. The van der Waals surface area contributed by atoms with Crippen LogP contribution in [-0.2, 0) is 0 Å². The van der Waals surface area contributed by atoms with Gasteiger partial charge in [0.25, 0.3) is 0 Å². The van der Waals surface area contributed by atoms with Crippen LogP contribution >= 0.6 is 0 Å². The van der Waals surface area contributed by atoms with Crippen LogP contribution in [0, 0.1) is 6.07 Å². The van der Waals surface area contributed by atoms with Crippen LogP contribution in [0.3, 0.4) is 0 Å². The van der Waals surface area contributed by atoms with Crippen molar-refractivity contribution >= 4 is 0 Å². The molecule has 4 nitrogen and oxygen atoms in total. The third-order valence-electron chi connectivity index (χ3n) is 2.56. The summed E-state index contributed by atoms with van der Waals surface area (Å²) in [4.78, 5) is 4.29. The van der Waals surface area contributed by atoms with Crippen molar-refractivity contribution in [2.45, 2.75) is 0 Å². The molecular formula is C14H14NO3. The number of pyridine rings is 1. The molecule has 1 heterocycles. The molecule has 1 aromatic heterocycles. The van der Waals surface area contributed by atoms with E-state index < -0.39 is 0 Å². The number of aromatic nitrogens is 1. The molecule has 18 heavy (non-hydrogen) atoms. The smallest absolute Gasteiger partial charge is 0.204 e. The zero-order valence-electron chi connectivity index (χ0n) is 10.6. The largest absolute Gasteiger partial charge is 0.492 e. The van der Waals surface area contributed by atoms with Gasteiger partial charge in [-0.2, -0.15) is 0 Å². The Labute approximate surface area is 106 Å². The van der Waals surface area contributed by atoms with E-state index in [4.69, 9.17) is 14.2 Å². The highest BCUT2D eigenvalue weighted by atomic mass is 16.5. The van der Waals surface area contributed by atoms with E-state index in [0.717, 1.165) is 11.3 Å². The fraction of sp³-hybridized carbons (Fsp3) is 0.214. The van der Waals surface area contributed by atoms with Gasteiger partial charge in [-0.05, 0) is 18.2 Å². The summed E-state index contributed by atoms with van der Waals surface area (Å²) < 4.78 is 15.9. The number of benzene rings is 1. The number of ether oxygens (including phenoxy) is 3. The summed E-state index contributed by atoms with van der Waals surface area (Å²) in [6, 6.07) is 10.5. The summed E-state index contributed by atoms with van der Waals surface area (Å²) in [5, 5.41) is 0. The second-order valence-corrected chi connectivity index (χ2v) is 3.52. The van der Waals surface area contributed by atoms with Crippen LogP contribution in [0.15, 0.2) is 30.5 Å². The maximum atomic E-state index is 5.40. The topological polar surface area (TPSA) is 40.6 Å². The van der Waals surface area contributed by atoms with E-state index >= 15 is 0 Å². The summed E-state index contributed by atoms with van der Waals surface area (Å²) in [6.45, 7) is 0. The average Bonchev–Trinajstić information content (AvgIpc) is 2.46. The lowest BCUT2D eigenvalue weighted by atomic mass is 10.1. The van der Waals surface area contributed by atoms with Crippen molar-refractivity contribution in [1.29, 1.82) is 0 Å². The highest BCUT2D eigenvalue weighted by molar-refractivity contribution is 5.73. The van der Waals surface area contributed by atoms with Crippen LogP contribution in [0.5, 0.6) is 17.2 Å². The number of nitrogens with zero attached hydrogens (tertiary/aromatic N) is 1. The highest BCUT2D eigenvalue weighted by Gasteiger charge is 2.17. The molecule has 0 fully saturated rings. The van der Waals surface area contributed by atoms with Crippen LogP contribution in [0.2, 0.25) is 0 Å². The molecule has 1 aromatic carbocycles. The Morgan fingerprint density at radius 3 is 2.33 bits per heavy atom. The van der Waals surface area contributed by atoms with Crippen molar-refractivity contribution in [1.82, 2.24) is 4.98 Å². The van der Waals surface area contributed by atoms with Gasteiger partial charge in [-0.1, -0.05) is 6.07 Å². The van der Waals surface area contributed by atoms with Gasteiger partial charge in [0.05, 0.1) is 27.0 Å². The van der Waals surface area contributed by atoms with Crippen LogP contribution < -0.4 is 14.2 Å². The van der Waals surface area contributed by atoms with E-state index in [1.807, 2.05) is 18.2 Å². The average molecular weight is 244 g/mol. The molecule has 0 bridgehead atoms. The van der Waals surface area contributed by atoms with Crippen molar-refractivity contribution in [2.24, 2.45) is 0 Å². The molecule has 0 saturated heterocycles. The molecule has 2 rings (SSSR count). The van der Waals surface area contributed by atoms with Crippen LogP contribution in [0.25, 0.3) is 11.3 Å². The Kier molecular flexibility index (Phi) is 3.67. The van der Waals surface area contributed by atoms with Gasteiger partial charge in [-0.3, -0.25) is 4.98 Å². The summed E-state index contributed by atoms with van der Waals surface area (Å²) in [5.41, 5.74) is 1.61. The van der Waals surface area contributed by atoms with Gasteiger partial charge in [-0.15, -0.1) is 0 Å². The van der Waals surface area contributed by atoms with E-state index in [0.29, 0.717) is 17.2 Å². The van der Waals surface area contributed by atoms with Crippen LogP contribution in [-0.4, -0.2) is 26.3 Å². The van der Waals surface area contributed by atoms with Gasteiger partial charge in [-0.25, -0.2) is 0 Å². The molecular weight excluding hydrogens is 230 g/mol. The molecule has 93 valence electrons. The third kappa shape index (κ3) is 2.09. The summed E-state index contributed by atoms with van der Waals surface area (Å²) in [5.74, 6) is 1.61. The van der Waals surface area contributed by atoms with Crippen molar-refractivity contribution in [3.05, 3.63) is 36.5 Å². The van der Waals surface area contributed by atoms with Crippen LogP contribution in [0.4, 0.5) is 0 Å². The monoisotopic (exact) mass is 244 g/mol. The second-order valence-electron chi connectivity index (χ2n) is 3.52. The van der Waals surface area contributed by atoms with Crippen molar-refractivity contribution in [3.63, 3.8) is 0 Å². The minimum absolute atomic E-state index is 0.508. The number of hydrogen-bond donors (Lipinski definition) is 0.